The van der Waals surface area contributed by atoms with Gasteiger partial charge in [-0.15, -0.1) is 0 Å². The summed E-state index contributed by atoms with van der Waals surface area (Å²) >= 11 is 0. The predicted molar refractivity (Wildman–Crippen MR) is 54.3 cm³/mol. The van der Waals surface area contributed by atoms with Crippen molar-refractivity contribution in [3.05, 3.63) is 36.3 Å². The minimum atomic E-state index is -0.445. The van der Waals surface area contributed by atoms with Gasteiger partial charge in [0.05, 0.1) is 12.1 Å². The Morgan fingerprint density at radius 2 is 2.27 bits per heavy atom. The lowest BCUT2D eigenvalue weighted by atomic mass is 10.2. The summed E-state index contributed by atoms with van der Waals surface area (Å²) in [6.07, 6.45) is 1.13. The number of hydrogen-bond donors (Lipinski definition) is 0. The summed E-state index contributed by atoms with van der Waals surface area (Å²) in [7, 11) is 0. The van der Waals surface area contributed by atoms with Gasteiger partial charge in [-0.2, -0.15) is 0 Å². The zero-order chi connectivity index (χ0) is 10.8. The number of hydrogen-bond acceptors (Lipinski definition) is 2. The van der Waals surface area contributed by atoms with Crippen molar-refractivity contribution in [1.82, 2.24) is 4.57 Å². The predicted octanol–water partition coefficient (Wildman–Crippen LogP) is 2.79. The molecule has 1 aromatic heterocycles. The minimum absolute atomic E-state index is 0.316. The lowest BCUT2D eigenvalue weighted by Crippen LogP contribution is -2.11. The minimum Gasteiger partial charge on any atom is -0.449 e. The maximum Gasteiger partial charge on any atom is 0.418 e. The monoisotopic (exact) mass is 207 g/mol. The largest absolute Gasteiger partial charge is 0.449 e. The van der Waals surface area contributed by atoms with E-state index in [-0.39, 0.29) is 5.82 Å². The van der Waals surface area contributed by atoms with Crippen LogP contribution in [0.4, 0.5) is 9.18 Å². The molecule has 3 nitrogen and oxygen atoms in total. The number of nitrogens with zero attached hydrogens (tertiary/aromatic N) is 1. The molecule has 0 unspecified atom stereocenters. The van der Waals surface area contributed by atoms with E-state index in [1.165, 1.54) is 16.7 Å². The first-order valence-electron chi connectivity index (χ1n) is 4.66. The molecule has 0 aliphatic carbocycles. The number of halogens is 1. The number of aromatic nitrogens is 1. The highest BCUT2D eigenvalue weighted by Gasteiger charge is 2.09. The Morgan fingerprint density at radius 3 is 3.00 bits per heavy atom. The normalized spacial score (nSPS) is 10.5. The van der Waals surface area contributed by atoms with Gasteiger partial charge in [0.15, 0.2) is 0 Å². The summed E-state index contributed by atoms with van der Waals surface area (Å²) in [5, 5.41) is 0.683. The number of ether oxygens (including phenoxy) is 1. The summed E-state index contributed by atoms with van der Waals surface area (Å²) in [4.78, 5) is 11.5. The van der Waals surface area contributed by atoms with Crippen LogP contribution in [0.1, 0.15) is 6.92 Å². The average molecular weight is 207 g/mol. The molecule has 2 aromatic rings. The molecule has 1 heterocycles. The molecule has 0 aliphatic rings. The molecule has 0 fully saturated rings. The molecule has 0 atom stereocenters. The molecule has 15 heavy (non-hydrogen) atoms. The molecular weight excluding hydrogens is 197 g/mol. The molecule has 0 saturated carbocycles. The Hall–Kier alpha value is -1.84. The molecule has 2 rings (SSSR count). The zero-order valence-electron chi connectivity index (χ0n) is 8.24. The Labute approximate surface area is 86.1 Å². The molecule has 1 aromatic carbocycles. The highest BCUT2D eigenvalue weighted by atomic mass is 19.1. The van der Waals surface area contributed by atoms with Crippen LogP contribution in [0.2, 0.25) is 0 Å². The van der Waals surface area contributed by atoms with Crippen LogP contribution in [0.3, 0.4) is 0 Å². The van der Waals surface area contributed by atoms with Crippen molar-refractivity contribution in [2.45, 2.75) is 6.92 Å². The standard InChI is InChI=1S/C11H10FNO2/c1-2-15-11(14)13-6-5-8-7-9(12)3-4-10(8)13/h3-7H,2H2,1H3. The first-order chi connectivity index (χ1) is 7.22. The van der Waals surface area contributed by atoms with Gasteiger partial charge in [0.2, 0.25) is 0 Å². The second kappa shape index (κ2) is 3.73. The fraction of sp³-hybridized carbons (Fsp3) is 0.182. The first kappa shape index (κ1) is 9.71. The fourth-order valence-electron chi connectivity index (χ4n) is 1.47. The molecule has 4 heteroatoms. The molecule has 0 saturated heterocycles. The van der Waals surface area contributed by atoms with E-state index < -0.39 is 6.09 Å². The second-order valence-electron chi connectivity index (χ2n) is 3.09. The molecule has 78 valence electrons. The summed E-state index contributed by atoms with van der Waals surface area (Å²) in [6.45, 7) is 2.06. The fourth-order valence-corrected chi connectivity index (χ4v) is 1.47. The van der Waals surface area contributed by atoms with Crippen LogP contribution >= 0.6 is 0 Å². The van der Waals surface area contributed by atoms with Gasteiger partial charge in [-0.25, -0.2) is 9.18 Å². The van der Waals surface area contributed by atoms with E-state index in [9.17, 15) is 9.18 Å². The van der Waals surface area contributed by atoms with Gasteiger partial charge in [-0.1, -0.05) is 0 Å². The van der Waals surface area contributed by atoms with Crippen molar-refractivity contribution in [2.75, 3.05) is 6.61 Å². The van der Waals surface area contributed by atoms with E-state index in [0.717, 1.165) is 0 Å². The highest BCUT2D eigenvalue weighted by Crippen LogP contribution is 2.17. The van der Waals surface area contributed by atoms with Crippen LogP contribution in [-0.2, 0) is 4.74 Å². The highest BCUT2D eigenvalue weighted by molar-refractivity contribution is 5.89. The molecule has 0 aliphatic heterocycles. The van der Waals surface area contributed by atoms with Gasteiger partial charge in [0.1, 0.15) is 5.82 Å². The summed E-state index contributed by atoms with van der Waals surface area (Å²) in [5.41, 5.74) is 0.648. The molecule has 0 amide bonds. The maximum absolute atomic E-state index is 12.9. The van der Waals surface area contributed by atoms with Crippen molar-refractivity contribution in [2.24, 2.45) is 0 Å². The van der Waals surface area contributed by atoms with Gasteiger partial charge in [0, 0.05) is 11.6 Å². The van der Waals surface area contributed by atoms with Crippen LogP contribution < -0.4 is 0 Å². The van der Waals surface area contributed by atoms with Gasteiger partial charge in [-0.3, -0.25) is 4.57 Å². The van der Waals surface area contributed by atoms with Crippen LogP contribution in [-0.4, -0.2) is 17.3 Å². The Balaban J connectivity index is 2.49. The quantitative estimate of drug-likeness (QED) is 0.720. The topological polar surface area (TPSA) is 31.2 Å². The third-order valence-electron chi connectivity index (χ3n) is 2.12. The van der Waals surface area contributed by atoms with Crippen molar-refractivity contribution in [1.29, 1.82) is 0 Å². The molecule has 0 spiro atoms. The van der Waals surface area contributed by atoms with E-state index in [1.54, 1.807) is 25.3 Å². The Kier molecular flexibility index (Phi) is 2.41. The number of benzene rings is 1. The average Bonchev–Trinajstić information content (AvgIpc) is 2.60. The zero-order valence-corrected chi connectivity index (χ0v) is 8.24. The maximum atomic E-state index is 12.9. The van der Waals surface area contributed by atoms with Crippen LogP contribution in [0.25, 0.3) is 10.9 Å². The third-order valence-corrected chi connectivity index (χ3v) is 2.12. The van der Waals surface area contributed by atoms with Crippen LogP contribution in [0, 0.1) is 5.82 Å². The SMILES string of the molecule is CCOC(=O)n1ccc2cc(F)ccc21. The molecular formula is C11H10FNO2. The van der Waals surface area contributed by atoms with E-state index in [0.29, 0.717) is 17.5 Å². The van der Waals surface area contributed by atoms with E-state index in [1.807, 2.05) is 0 Å². The second-order valence-corrected chi connectivity index (χ2v) is 3.09. The Morgan fingerprint density at radius 1 is 1.47 bits per heavy atom. The Bertz CT molecular complexity index is 504. The molecule has 0 radical (unpaired) electrons. The summed E-state index contributed by atoms with van der Waals surface area (Å²) < 4.78 is 19.1. The first-order valence-corrected chi connectivity index (χ1v) is 4.66. The van der Waals surface area contributed by atoms with Gasteiger partial charge < -0.3 is 4.74 Å². The lowest BCUT2D eigenvalue weighted by Gasteiger charge is -2.03. The van der Waals surface area contributed by atoms with E-state index in [2.05, 4.69) is 0 Å². The van der Waals surface area contributed by atoms with Gasteiger partial charge >= 0.3 is 6.09 Å². The molecule has 0 N–H and O–H groups in total. The number of rotatable bonds is 1. The van der Waals surface area contributed by atoms with Gasteiger partial charge in [0.25, 0.3) is 0 Å². The van der Waals surface area contributed by atoms with E-state index >= 15 is 0 Å². The smallest absolute Gasteiger partial charge is 0.418 e. The van der Waals surface area contributed by atoms with Crippen LogP contribution in [0.5, 0.6) is 0 Å². The lowest BCUT2D eigenvalue weighted by molar-refractivity contribution is 0.155. The third kappa shape index (κ3) is 1.70. The van der Waals surface area contributed by atoms with E-state index in [4.69, 9.17) is 4.74 Å². The van der Waals surface area contributed by atoms with Crippen LogP contribution in [0.15, 0.2) is 30.5 Å². The van der Waals surface area contributed by atoms with Crippen molar-refractivity contribution in [3.63, 3.8) is 0 Å². The van der Waals surface area contributed by atoms with Crippen molar-refractivity contribution >= 4 is 17.0 Å². The number of carbonyl (C=O) groups excluding carboxylic acids is 1. The number of fused-ring (bicyclic) bond motifs is 1. The van der Waals surface area contributed by atoms with Crippen molar-refractivity contribution < 1.29 is 13.9 Å². The van der Waals surface area contributed by atoms with Gasteiger partial charge in [-0.05, 0) is 31.2 Å². The summed E-state index contributed by atoms with van der Waals surface area (Å²) in [5.74, 6) is -0.316. The summed E-state index contributed by atoms with van der Waals surface area (Å²) in [6, 6.07) is 5.93. The number of carbonyl (C=O) groups is 1. The molecule has 0 bridgehead atoms. The van der Waals surface area contributed by atoms with Crippen molar-refractivity contribution in [3.8, 4) is 0 Å².